The lowest BCUT2D eigenvalue weighted by molar-refractivity contribution is -0.330. The van der Waals surface area contributed by atoms with Gasteiger partial charge in [0.1, 0.15) is 0 Å². The fourth-order valence-corrected chi connectivity index (χ4v) is 3.18. The summed E-state index contributed by atoms with van der Waals surface area (Å²) in [7, 11) is 0. The van der Waals surface area contributed by atoms with Crippen LogP contribution in [0.25, 0.3) is 0 Å². The molecule has 1 aliphatic rings. The average Bonchev–Trinajstić information content (AvgIpc) is 3.07. The molecule has 0 spiro atoms. The number of anilines is 1. The highest BCUT2D eigenvalue weighted by atomic mass is 32.2. The Bertz CT molecular complexity index is 647. The maximum Gasteiger partial charge on any atom is 0.460 e. The van der Waals surface area contributed by atoms with E-state index in [1.807, 2.05) is 0 Å². The third kappa shape index (κ3) is 5.61. The van der Waals surface area contributed by atoms with Crippen molar-refractivity contribution in [1.82, 2.24) is 5.32 Å². The maximum absolute atomic E-state index is 13.4. The molecule has 3 nitrogen and oxygen atoms in total. The lowest BCUT2D eigenvalue weighted by Crippen LogP contribution is -2.49. The van der Waals surface area contributed by atoms with E-state index in [9.17, 15) is 30.7 Å². The van der Waals surface area contributed by atoms with Gasteiger partial charge in [0.05, 0.1) is 6.10 Å². The van der Waals surface area contributed by atoms with Crippen LogP contribution in [0.1, 0.15) is 12.8 Å². The minimum Gasteiger partial charge on any atom is -0.376 e. The Morgan fingerprint density at radius 3 is 2.26 bits per heavy atom. The van der Waals surface area contributed by atoms with Crippen molar-refractivity contribution in [3.63, 3.8) is 0 Å². The van der Waals surface area contributed by atoms with Gasteiger partial charge in [-0.15, -0.1) is 0 Å². The number of alkyl halides is 7. The van der Waals surface area contributed by atoms with Gasteiger partial charge in [0, 0.05) is 23.7 Å². The number of hydrogen-bond acceptors (Lipinski definition) is 3. The largest absolute Gasteiger partial charge is 0.460 e. The molecular weight excluding hydrogens is 421 g/mol. The molecule has 1 saturated heterocycles. The zero-order chi connectivity index (χ0) is 20.3. The molecule has 0 aliphatic carbocycles. The van der Waals surface area contributed by atoms with Crippen molar-refractivity contribution in [3.8, 4) is 0 Å². The molecule has 1 atom stereocenters. The van der Waals surface area contributed by atoms with Crippen LogP contribution in [0, 0.1) is 0 Å². The molecule has 0 amide bonds. The van der Waals surface area contributed by atoms with Gasteiger partial charge in [0.25, 0.3) is 0 Å². The van der Waals surface area contributed by atoms with E-state index in [-0.39, 0.29) is 11.2 Å². The van der Waals surface area contributed by atoms with Gasteiger partial charge in [-0.2, -0.15) is 30.7 Å². The van der Waals surface area contributed by atoms with E-state index in [1.54, 1.807) is 0 Å². The zero-order valence-electron chi connectivity index (χ0n) is 13.6. The Morgan fingerprint density at radius 1 is 1.11 bits per heavy atom. The Balaban J connectivity index is 1.91. The van der Waals surface area contributed by atoms with Gasteiger partial charge in [0.15, 0.2) is 5.11 Å². The minimum absolute atomic E-state index is 0.0426. The first kappa shape index (κ1) is 22.0. The molecule has 1 heterocycles. The molecule has 1 aromatic rings. The highest BCUT2D eigenvalue weighted by Gasteiger charge is 2.73. The fraction of sp³-hybridized carbons (Fsp3) is 0.533. The first-order valence-corrected chi connectivity index (χ1v) is 8.93. The summed E-state index contributed by atoms with van der Waals surface area (Å²) >= 11 is 4.19. The first-order chi connectivity index (χ1) is 12.4. The molecule has 0 aromatic heterocycles. The summed E-state index contributed by atoms with van der Waals surface area (Å²) < 4.78 is 94.4. The molecule has 0 radical (unpaired) electrons. The molecule has 2 rings (SSSR count). The van der Waals surface area contributed by atoms with Gasteiger partial charge in [-0.1, -0.05) is 0 Å². The monoisotopic (exact) mass is 436 g/mol. The molecule has 0 unspecified atom stereocenters. The average molecular weight is 436 g/mol. The SMILES string of the molecule is FC(F)(F)C(F)(F)C(F)(F)Sc1ccc(NC(=S)NC[C@@H]2CCCO2)cc1. The van der Waals surface area contributed by atoms with Gasteiger partial charge >= 0.3 is 17.4 Å². The molecule has 1 aromatic carbocycles. The van der Waals surface area contributed by atoms with E-state index in [2.05, 4.69) is 10.6 Å². The van der Waals surface area contributed by atoms with Crippen LogP contribution in [0.2, 0.25) is 0 Å². The van der Waals surface area contributed by atoms with Crippen LogP contribution in [-0.2, 0) is 4.74 Å². The molecule has 0 bridgehead atoms. The van der Waals surface area contributed by atoms with Crippen LogP contribution in [0.5, 0.6) is 0 Å². The Morgan fingerprint density at radius 2 is 1.74 bits per heavy atom. The predicted octanol–water partition coefficient (Wildman–Crippen LogP) is 5.03. The van der Waals surface area contributed by atoms with Gasteiger partial charge in [-0.25, -0.2) is 0 Å². The summed E-state index contributed by atoms with van der Waals surface area (Å²) in [5.74, 6) is -6.16. The number of ether oxygens (including phenoxy) is 1. The number of halogens is 7. The maximum atomic E-state index is 13.4. The highest BCUT2D eigenvalue weighted by Crippen LogP contribution is 2.53. The van der Waals surface area contributed by atoms with Crippen molar-refractivity contribution < 1.29 is 35.5 Å². The quantitative estimate of drug-likeness (QED) is 0.371. The number of thiocarbonyl (C=S) groups is 1. The van der Waals surface area contributed by atoms with E-state index in [1.165, 1.54) is 12.1 Å². The lowest BCUT2D eigenvalue weighted by Gasteiger charge is -2.27. The molecular formula is C15H15F7N2OS2. The summed E-state index contributed by atoms with van der Waals surface area (Å²) in [5.41, 5.74) is 0.357. The predicted molar refractivity (Wildman–Crippen MR) is 91.4 cm³/mol. The molecule has 1 aliphatic heterocycles. The van der Waals surface area contributed by atoms with E-state index < -0.39 is 34.0 Å². The number of rotatable bonds is 6. The van der Waals surface area contributed by atoms with E-state index in [0.717, 1.165) is 25.0 Å². The Kier molecular flexibility index (Phi) is 6.85. The molecule has 0 saturated carbocycles. The van der Waals surface area contributed by atoms with Crippen LogP contribution < -0.4 is 10.6 Å². The smallest absolute Gasteiger partial charge is 0.376 e. The van der Waals surface area contributed by atoms with Crippen molar-refractivity contribution >= 4 is 34.8 Å². The number of benzene rings is 1. The number of thioether (sulfide) groups is 1. The summed E-state index contributed by atoms with van der Waals surface area (Å²) in [6.07, 6.45) is -4.45. The van der Waals surface area contributed by atoms with Gasteiger partial charge in [-0.3, -0.25) is 0 Å². The second kappa shape index (κ2) is 8.39. The van der Waals surface area contributed by atoms with Crippen LogP contribution in [0.4, 0.5) is 36.4 Å². The van der Waals surface area contributed by atoms with Gasteiger partial charge in [-0.05, 0) is 61.1 Å². The second-order valence-electron chi connectivity index (χ2n) is 5.69. The summed E-state index contributed by atoms with van der Waals surface area (Å²) in [5, 5.41) is 0.546. The van der Waals surface area contributed by atoms with Crippen LogP contribution in [-0.4, -0.2) is 41.7 Å². The molecule has 12 heteroatoms. The fourth-order valence-electron chi connectivity index (χ4n) is 2.17. The normalized spacial score (nSPS) is 18.4. The minimum atomic E-state index is -6.36. The van der Waals surface area contributed by atoms with E-state index in [4.69, 9.17) is 17.0 Å². The third-order valence-corrected chi connectivity index (χ3v) is 4.86. The molecule has 27 heavy (non-hydrogen) atoms. The topological polar surface area (TPSA) is 33.3 Å². The van der Waals surface area contributed by atoms with E-state index in [0.29, 0.717) is 18.8 Å². The number of hydrogen-bond donors (Lipinski definition) is 2. The molecule has 1 fully saturated rings. The van der Waals surface area contributed by atoms with Crippen molar-refractivity contribution in [2.75, 3.05) is 18.5 Å². The van der Waals surface area contributed by atoms with Crippen molar-refractivity contribution in [2.24, 2.45) is 0 Å². The van der Waals surface area contributed by atoms with E-state index >= 15 is 0 Å². The summed E-state index contributed by atoms with van der Waals surface area (Å²) in [6.45, 7) is 1.17. The summed E-state index contributed by atoms with van der Waals surface area (Å²) in [4.78, 5) is -0.451. The summed E-state index contributed by atoms with van der Waals surface area (Å²) in [6, 6.07) is 4.47. The second-order valence-corrected chi connectivity index (χ2v) is 7.28. The van der Waals surface area contributed by atoms with Crippen LogP contribution in [0.15, 0.2) is 29.2 Å². The Labute approximate surface area is 160 Å². The Hall–Kier alpha value is -1.27. The van der Waals surface area contributed by atoms with Crippen molar-refractivity contribution in [3.05, 3.63) is 24.3 Å². The standard InChI is InChI=1S/C15H15F7N2OS2/c16-13(17,14(18,19)20)15(21,22)27-11-5-3-9(4-6-11)24-12(26)23-8-10-2-1-7-25-10/h3-6,10H,1-2,7-8H2,(H2,23,24,26)/t10-/m0/s1. The molecule has 152 valence electrons. The molecule has 2 N–H and O–H groups in total. The van der Waals surface area contributed by atoms with Crippen molar-refractivity contribution in [2.45, 2.75) is 41.2 Å². The third-order valence-electron chi connectivity index (χ3n) is 3.59. The van der Waals surface area contributed by atoms with Crippen molar-refractivity contribution in [1.29, 1.82) is 0 Å². The van der Waals surface area contributed by atoms with Gasteiger partial charge in [0.2, 0.25) is 0 Å². The van der Waals surface area contributed by atoms with Gasteiger partial charge < -0.3 is 15.4 Å². The highest BCUT2D eigenvalue weighted by molar-refractivity contribution is 8.00. The first-order valence-electron chi connectivity index (χ1n) is 7.70. The lowest BCUT2D eigenvalue weighted by atomic mass is 10.2. The number of nitrogens with one attached hydrogen (secondary N) is 2. The zero-order valence-corrected chi connectivity index (χ0v) is 15.2. The van der Waals surface area contributed by atoms with Crippen LogP contribution in [0.3, 0.4) is 0 Å². The van der Waals surface area contributed by atoms with Crippen LogP contribution >= 0.6 is 24.0 Å².